The highest BCUT2D eigenvalue weighted by atomic mass is 16.6. The van der Waals surface area contributed by atoms with Crippen LogP contribution >= 0.6 is 0 Å². The van der Waals surface area contributed by atoms with Crippen LogP contribution in [0.3, 0.4) is 0 Å². The Labute approximate surface area is 107 Å². The molecule has 2 aliphatic rings. The lowest BCUT2D eigenvalue weighted by Crippen LogP contribution is -2.43. The first-order valence-electron chi connectivity index (χ1n) is 6.67. The molecular formula is C13H19N3O2. The third kappa shape index (κ3) is 2.14. The number of esters is 1. The average molecular weight is 249 g/mol. The van der Waals surface area contributed by atoms with Crippen molar-refractivity contribution in [3.05, 3.63) is 18.5 Å². The predicted molar refractivity (Wildman–Crippen MR) is 65.9 cm³/mol. The van der Waals surface area contributed by atoms with Gasteiger partial charge in [0.1, 0.15) is 12.1 Å². The molecule has 0 aliphatic carbocycles. The van der Waals surface area contributed by atoms with Gasteiger partial charge in [-0.15, -0.1) is 0 Å². The number of ether oxygens (including phenoxy) is 1. The van der Waals surface area contributed by atoms with Crippen molar-refractivity contribution in [2.24, 2.45) is 0 Å². The van der Waals surface area contributed by atoms with Crippen molar-refractivity contribution >= 4 is 5.97 Å². The normalized spacial score (nSPS) is 32.9. The Morgan fingerprint density at radius 1 is 1.56 bits per heavy atom. The lowest BCUT2D eigenvalue weighted by Gasteiger charge is -2.27. The fraction of sp³-hybridized carbons (Fsp3) is 0.692. The number of hydrogen-bond acceptors (Lipinski definition) is 4. The third-order valence-corrected chi connectivity index (χ3v) is 3.92. The second kappa shape index (κ2) is 4.72. The van der Waals surface area contributed by atoms with Gasteiger partial charge in [-0.05, 0) is 32.4 Å². The SMILES string of the molecule is C[C@@H]1C[C@@H](N2CCC[C@@H]2Cn2cccn2)C(=O)O1. The van der Waals surface area contributed by atoms with E-state index < -0.39 is 0 Å². The fourth-order valence-electron chi connectivity index (χ4n) is 3.10. The van der Waals surface area contributed by atoms with E-state index in [9.17, 15) is 4.79 Å². The molecule has 0 bridgehead atoms. The van der Waals surface area contributed by atoms with Crippen LogP contribution in [-0.2, 0) is 16.1 Å². The van der Waals surface area contributed by atoms with Gasteiger partial charge in [0.05, 0.1) is 6.54 Å². The second-order valence-corrected chi connectivity index (χ2v) is 5.26. The first kappa shape index (κ1) is 11.7. The van der Waals surface area contributed by atoms with Crippen molar-refractivity contribution in [2.75, 3.05) is 6.54 Å². The first-order valence-corrected chi connectivity index (χ1v) is 6.67. The Morgan fingerprint density at radius 3 is 3.11 bits per heavy atom. The van der Waals surface area contributed by atoms with Gasteiger partial charge in [-0.3, -0.25) is 14.4 Å². The van der Waals surface area contributed by atoms with Crippen molar-refractivity contribution in [1.29, 1.82) is 0 Å². The molecule has 3 rings (SSSR count). The quantitative estimate of drug-likeness (QED) is 0.751. The van der Waals surface area contributed by atoms with Crippen LogP contribution in [0.4, 0.5) is 0 Å². The molecule has 3 atom stereocenters. The summed E-state index contributed by atoms with van der Waals surface area (Å²) in [4.78, 5) is 14.1. The first-order chi connectivity index (χ1) is 8.74. The van der Waals surface area contributed by atoms with E-state index >= 15 is 0 Å². The van der Waals surface area contributed by atoms with Crippen LogP contribution in [0.5, 0.6) is 0 Å². The zero-order chi connectivity index (χ0) is 12.5. The molecule has 1 aromatic heterocycles. The molecule has 0 N–H and O–H groups in total. The maximum absolute atomic E-state index is 11.8. The number of likely N-dealkylation sites (tertiary alicyclic amines) is 1. The summed E-state index contributed by atoms with van der Waals surface area (Å²) in [6, 6.07) is 2.31. The smallest absolute Gasteiger partial charge is 0.323 e. The lowest BCUT2D eigenvalue weighted by molar-refractivity contribution is -0.145. The van der Waals surface area contributed by atoms with Crippen LogP contribution in [0.25, 0.3) is 0 Å². The molecule has 2 aliphatic heterocycles. The van der Waals surface area contributed by atoms with Crippen LogP contribution in [0, 0.1) is 0 Å². The predicted octanol–water partition coefficient (Wildman–Crippen LogP) is 1.05. The van der Waals surface area contributed by atoms with Gasteiger partial charge in [0.25, 0.3) is 0 Å². The highest BCUT2D eigenvalue weighted by Crippen LogP contribution is 2.28. The third-order valence-electron chi connectivity index (χ3n) is 3.92. The van der Waals surface area contributed by atoms with Gasteiger partial charge in [-0.25, -0.2) is 0 Å². The van der Waals surface area contributed by atoms with Crippen molar-refractivity contribution in [3.63, 3.8) is 0 Å². The number of cyclic esters (lactones) is 1. The highest BCUT2D eigenvalue weighted by Gasteiger charge is 2.41. The molecular weight excluding hydrogens is 230 g/mol. The van der Waals surface area contributed by atoms with E-state index in [0.717, 1.165) is 32.4 Å². The minimum absolute atomic E-state index is 0.0388. The molecule has 0 saturated carbocycles. The average Bonchev–Trinajstić information content (AvgIpc) is 3.02. The molecule has 2 fully saturated rings. The van der Waals surface area contributed by atoms with Crippen molar-refractivity contribution in [3.8, 4) is 0 Å². The van der Waals surface area contributed by atoms with E-state index in [4.69, 9.17) is 4.74 Å². The number of nitrogens with zero attached hydrogens (tertiary/aromatic N) is 3. The summed E-state index contributed by atoms with van der Waals surface area (Å²) in [6.45, 7) is 3.83. The van der Waals surface area contributed by atoms with Crippen molar-refractivity contribution in [1.82, 2.24) is 14.7 Å². The van der Waals surface area contributed by atoms with Gasteiger partial charge < -0.3 is 4.74 Å². The molecule has 0 aromatic carbocycles. The summed E-state index contributed by atoms with van der Waals surface area (Å²) >= 11 is 0. The van der Waals surface area contributed by atoms with Gasteiger partial charge in [0.2, 0.25) is 0 Å². The molecule has 2 saturated heterocycles. The van der Waals surface area contributed by atoms with E-state index in [2.05, 4.69) is 10.00 Å². The van der Waals surface area contributed by atoms with Crippen LogP contribution in [-0.4, -0.2) is 45.4 Å². The number of carbonyl (C=O) groups is 1. The maximum Gasteiger partial charge on any atom is 0.323 e. The van der Waals surface area contributed by atoms with E-state index in [1.165, 1.54) is 0 Å². The van der Waals surface area contributed by atoms with Gasteiger partial charge in [-0.1, -0.05) is 0 Å². The largest absolute Gasteiger partial charge is 0.461 e. The minimum Gasteiger partial charge on any atom is -0.461 e. The Kier molecular flexibility index (Phi) is 3.07. The summed E-state index contributed by atoms with van der Waals surface area (Å²) in [6.07, 6.45) is 6.96. The standard InChI is InChI=1S/C13H19N3O2/c1-10-8-12(13(17)18-10)16-7-2-4-11(16)9-15-6-3-5-14-15/h3,5-6,10-12H,2,4,7-9H2,1H3/t10-,11-,12-/m1/s1. The van der Waals surface area contributed by atoms with Crippen molar-refractivity contribution in [2.45, 2.75) is 50.9 Å². The molecule has 0 spiro atoms. The topological polar surface area (TPSA) is 47.4 Å². The summed E-state index contributed by atoms with van der Waals surface area (Å²) in [5, 5.41) is 4.25. The molecule has 5 nitrogen and oxygen atoms in total. The summed E-state index contributed by atoms with van der Waals surface area (Å²) in [5.41, 5.74) is 0. The summed E-state index contributed by atoms with van der Waals surface area (Å²) in [7, 11) is 0. The van der Waals surface area contributed by atoms with Gasteiger partial charge in [0.15, 0.2) is 0 Å². The number of aromatic nitrogens is 2. The van der Waals surface area contributed by atoms with Crippen LogP contribution < -0.4 is 0 Å². The summed E-state index contributed by atoms with van der Waals surface area (Å²) in [5.74, 6) is -0.0464. The van der Waals surface area contributed by atoms with Gasteiger partial charge in [-0.2, -0.15) is 5.10 Å². The fourth-order valence-corrected chi connectivity index (χ4v) is 3.10. The van der Waals surface area contributed by atoms with E-state index in [0.29, 0.717) is 6.04 Å². The zero-order valence-electron chi connectivity index (χ0n) is 10.7. The molecule has 18 heavy (non-hydrogen) atoms. The number of rotatable bonds is 3. The molecule has 0 radical (unpaired) electrons. The van der Waals surface area contributed by atoms with Crippen molar-refractivity contribution < 1.29 is 9.53 Å². The van der Waals surface area contributed by atoms with Crippen LogP contribution in [0.1, 0.15) is 26.2 Å². The van der Waals surface area contributed by atoms with E-state index in [-0.39, 0.29) is 18.1 Å². The molecule has 1 aromatic rings. The Hall–Kier alpha value is -1.36. The number of carbonyl (C=O) groups excluding carboxylic acids is 1. The molecule has 5 heteroatoms. The Bertz CT molecular complexity index is 418. The Balaban J connectivity index is 1.69. The molecule has 0 unspecified atom stereocenters. The lowest BCUT2D eigenvalue weighted by atomic mass is 10.1. The van der Waals surface area contributed by atoms with Gasteiger partial charge in [0, 0.05) is 24.9 Å². The van der Waals surface area contributed by atoms with E-state index in [1.807, 2.05) is 23.9 Å². The van der Waals surface area contributed by atoms with Crippen LogP contribution in [0.2, 0.25) is 0 Å². The van der Waals surface area contributed by atoms with Gasteiger partial charge >= 0.3 is 5.97 Å². The summed E-state index contributed by atoms with van der Waals surface area (Å²) < 4.78 is 7.22. The molecule has 0 amide bonds. The molecule has 98 valence electrons. The minimum atomic E-state index is -0.0464. The number of hydrogen-bond donors (Lipinski definition) is 0. The highest BCUT2D eigenvalue weighted by molar-refractivity contribution is 5.78. The molecule has 3 heterocycles. The second-order valence-electron chi connectivity index (χ2n) is 5.26. The van der Waals surface area contributed by atoms with Crippen LogP contribution in [0.15, 0.2) is 18.5 Å². The monoisotopic (exact) mass is 249 g/mol. The maximum atomic E-state index is 11.8. The zero-order valence-corrected chi connectivity index (χ0v) is 10.7. The van der Waals surface area contributed by atoms with E-state index in [1.54, 1.807) is 6.20 Å². The Morgan fingerprint density at radius 2 is 2.44 bits per heavy atom.